The zero-order chi connectivity index (χ0) is 15.5. The maximum absolute atomic E-state index is 11.8. The van der Waals surface area contributed by atoms with Crippen molar-refractivity contribution in [3.8, 4) is 0 Å². The van der Waals surface area contributed by atoms with Crippen molar-refractivity contribution in [3.05, 3.63) is 30.3 Å². The van der Waals surface area contributed by atoms with Gasteiger partial charge in [-0.2, -0.15) is 10.1 Å². The number of hydroxylamine groups is 2. The third-order valence-electron chi connectivity index (χ3n) is 2.70. The Kier molecular flexibility index (Phi) is 4.08. The molecule has 112 valence electrons. The molecule has 0 aliphatic carbocycles. The molecule has 1 aliphatic rings. The van der Waals surface area contributed by atoms with Gasteiger partial charge in [0, 0.05) is 5.69 Å². The summed E-state index contributed by atoms with van der Waals surface area (Å²) in [6, 6.07) is 9.08. The van der Waals surface area contributed by atoms with E-state index in [9.17, 15) is 4.79 Å². The number of amides is 1. The molecule has 1 aliphatic heterocycles. The molecule has 0 bridgehead atoms. The van der Waals surface area contributed by atoms with Gasteiger partial charge in [0.05, 0.1) is 0 Å². The number of carbonyl (C=O) groups excluding carboxylic acids is 1. The smallest absolute Gasteiger partial charge is 0.253 e. The van der Waals surface area contributed by atoms with Crippen molar-refractivity contribution in [2.45, 2.75) is 19.5 Å². The van der Waals surface area contributed by atoms with Crippen LogP contribution in [0.4, 0.5) is 5.69 Å². The maximum Gasteiger partial charge on any atom is 0.253 e. The minimum Gasteiger partial charge on any atom is -0.368 e. The quantitative estimate of drug-likeness (QED) is 0.734. The third kappa shape index (κ3) is 3.69. The van der Waals surface area contributed by atoms with E-state index >= 15 is 0 Å². The number of benzene rings is 1. The first-order valence-corrected chi connectivity index (χ1v) is 6.36. The summed E-state index contributed by atoms with van der Waals surface area (Å²) in [5.74, 6) is -0.182. The van der Waals surface area contributed by atoms with Gasteiger partial charge < -0.3 is 16.8 Å². The summed E-state index contributed by atoms with van der Waals surface area (Å²) < 4.78 is 0. The molecule has 0 spiro atoms. The fraction of sp³-hybridized carbons (Fsp3) is 0.308. The van der Waals surface area contributed by atoms with Gasteiger partial charge >= 0.3 is 0 Å². The molecule has 1 heterocycles. The van der Waals surface area contributed by atoms with E-state index < -0.39 is 5.66 Å². The summed E-state index contributed by atoms with van der Waals surface area (Å²) in [4.78, 5) is 25.1. The second kappa shape index (κ2) is 5.80. The SMILES string of the molecule is CC1(C)N=C(N)N=C(N)N1OCC(=O)Nc1ccccc1. The molecule has 8 heteroatoms. The topological polar surface area (TPSA) is 118 Å². The Hall–Kier alpha value is -2.61. The van der Waals surface area contributed by atoms with Gasteiger partial charge in [-0.3, -0.25) is 9.63 Å². The van der Waals surface area contributed by atoms with Crippen LogP contribution in [0, 0.1) is 0 Å². The molecule has 0 unspecified atom stereocenters. The molecule has 1 aromatic carbocycles. The summed E-state index contributed by atoms with van der Waals surface area (Å²) in [5.41, 5.74) is 11.1. The number of hydrogen-bond acceptors (Lipinski definition) is 7. The minimum atomic E-state index is -0.830. The van der Waals surface area contributed by atoms with Crippen LogP contribution in [0.5, 0.6) is 0 Å². The zero-order valence-corrected chi connectivity index (χ0v) is 11.9. The summed E-state index contributed by atoms with van der Waals surface area (Å²) in [5, 5.41) is 3.96. The molecule has 21 heavy (non-hydrogen) atoms. The highest BCUT2D eigenvalue weighted by atomic mass is 16.7. The first kappa shape index (κ1) is 14.8. The van der Waals surface area contributed by atoms with Crippen molar-refractivity contribution in [1.29, 1.82) is 0 Å². The number of aliphatic imine (C=N–C) groups is 2. The van der Waals surface area contributed by atoms with Crippen LogP contribution in [0.25, 0.3) is 0 Å². The Morgan fingerprint density at radius 1 is 1.33 bits per heavy atom. The van der Waals surface area contributed by atoms with Crippen molar-refractivity contribution in [1.82, 2.24) is 5.06 Å². The number of anilines is 1. The Bertz CT molecular complexity index is 582. The Balaban J connectivity index is 1.94. The number of nitrogens with two attached hydrogens (primary N) is 2. The first-order chi connectivity index (χ1) is 9.88. The monoisotopic (exact) mass is 290 g/mol. The molecule has 2 rings (SSSR count). The van der Waals surface area contributed by atoms with Crippen LogP contribution in [-0.2, 0) is 9.63 Å². The molecule has 0 saturated carbocycles. The van der Waals surface area contributed by atoms with Gasteiger partial charge in [0.25, 0.3) is 5.91 Å². The highest BCUT2D eigenvalue weighted by Gasteiger charge is 2.33. The molecule has 0 atom stereocenters. The Morgan fingerprint density at radius 2 is 2.00 bits per heavy atom. The molecular formula is C13H18N6O2. The number of hydrogen-bond donors (Lipinski definition) is 3. The average molecular weight is 290 g/mol. The van der Waals surface area contributed by atoms with Gasteiger partial charge in [0.1, 0.15) is 0 Å². The lowest BCUT2D eigenvalue weighted by Crippen LogP contribution is -2.54. The van der Waals surface area contributed by atoms with Crippen LogP contribution < -0.4 is 16.8 Å². The lowest BCUT2D eigenvalue weighted by Gasteiger charge is -2.36. The van der Waals surface area contributed by atoms with Crippen LogP contribution >= 0.6 is 0 Å². The Morgan fingerprint density at radius 3 is 2.62 bits per heavy atom. The summed E-state index contributed by atoms with van der Waals surface area (Å²) in [6.07, 6.45) is 0. The number of nitrogens with one attached hydrogen (secondary N) is 1. The van der Waals surface area contributed by atoms with E-state index in [0.717, 1.165) is 0 Å². The van der Waals surface area contributed by atoms with E-state index in [1.807, 2.05) is 18.2 Å². The third-order valence-corrected chi connectivity index (χ3v) is 2.70. The number of para-hydroxylation sites is 1. The molecule has 8 nitrogen and oxygen atoms in total. The Labute approximate surface area is 122 Å². The van der Waals surface area contributed by atoms with E-state index in [1.165, 1.54) is 5.06 Å². The summed E-state index contributed by atoms with van der Waals surface area (Å²) >= 11 is 0. The van der Waals surface area contributed by atoms with Gasteiger partial charge in [0.15, 0.2) is 12.3 Å². The first-order valence-electron chi connectivity index (χ1n) is 6.36. The average Bonchev–Trinajstić information content (AvgIpc) is 2.37. The number of nitrogens with zero attached hydrogens (tertiary/aromatic N) is 3. The fourth-order valence-corrected chi connectivity index (χ4v) is 1.86. The van der Waals surface area contributed by atoms with Crippen molar-refractivity contribution in [2.24, 2.45) is 21.5 Å². The molecular weight excluding hydrogens is 272 g/mol. The second-order valence-corrected chi connectivity index (χ2v) is 4.92. The van der Waals surface area contributed by atoms with Gasteiger partial charge in [-0.25, -0.2) is 4.99 Å². The van der Waals surface area contributed by atoms with E-state index in [4.69, 9.17) is 16.3 Å². The fourth-order valence-electron chi connectivity index (χ4n) is 1.86. The molecule has 0 aromatic heterocycles. The minimum absolute atomic E-state index is 0.0556. The lowest BCUT2D eigenvalue weighted by atomic mass is 10.2. The van der Waals surface area contributed by atoms with Crippen LogP contribution in [0.2, 0.25) is 0 Å². The van der Waals surface area contributed by atoms with Gasteiger partial charge in [-0.15, -0.1) is 0 Å². The van der Waals surface area contributed by atoms with Crippen LogP contribution in [0.15, 0.2) is 40.3 Å². The standard InChI is InChI=1S/C13H18N6O2/c1-13(2)18-11(14)17-12(15)19(13)21-8-10(20)16-9-6-4-3-5-7-9/h3-7H,8H2,1-2H3,(H,16,20)(H4,14,15,17,18). The molecule has 1 aromatic rings. The van der Waals surface area contributed by atoms with Crippen molar-refractivity contribution in [2.75, 3.05) is 11.9 Å². The second-order valence-electron chi connectivity index (χ2n) is 4.92. The van der Waals surface area contributed by atoms with E-state index in [0.29, 0.717) is 5.69 Å². The summed E-state index contributed by atoms with van der Waals surface area (Å²) in [6.45, 7) is 3.27. The molecule has 0 fully saturated rings. The molecule has 5 N–H and O–H groups in total. The largest absolute Gasteiger partial charge is 0.368 e. The maximum atomic E-state index is 11.8. The van der Waals surface area contributed by atoms with Crippen LogP contribution in [-0.4, -0.2) is 35.2 Å². The highest BCUT2D eigenvalue weighted by molar-refractivity contribution is 5.95. The van der Waals surface area contributed by atoms with Crippen molar-refractivity contribution in [3.63, 3.8) is 0 Å². The van der Waals surface area contributed by atoms with Gasteiger partial charge in [-0.05, 0) is 26.0 Å². The van der Waals surface area contributed by atoms with Crippen LogP contribution in [0.1, 0.15) is 13.8 Å². The van der Waals surface area contributed by atoms with Crippen molar-refractivity contribution < 1.29 is 9.63 Å². The number of carbonyl (C=O) groups is 1. The number of rotatable bonds is 4. The zero-order valence-electron chi connectivity index (χ0n) is 11.9. The predicted octanol–water partition coefficient (Wildman–Crippen LogP) is 0.238. The molecule has 1 amide bonds. The predicted molar refractivity (Wildman–Crippen MR) is 80.2 cm³/mol. The van der Waals surface area contributed by atoms with Crippen LogP contribution in [0.3, 0.4) is 0 Å². The lowest BCUT2D eigenvalue weighted by molar-refractivity contribution is -0.165. The molecule has 0 radical (unpaired) electrons. The van der Waals surface area contributed by atoms with Gasteiger partial charge in [0.2, 0.25) is 11.9 Å². The van der Waals surface area contributed by atoms with E-state index in [1.54, 1.807) is 26.0 Å². The van der Waals surface area contributed by atoms with Crippen molar-refractivity contribution >= 4 is 23.5 Å². The van der Waals surface area contributed by atoms with E-state index in [-0.39, 0.29) is 24.4 Å². The number of guanidine groups is 2. The molecule has 0 saturated heterocycles. The normalized spacial score (nSPS) is 17.0. The van der Waals surface area contributed by atoms with E-state index in [2.05, 4.69) is 15.3 Å². The van der Waals surface area contributed by atoms with Gasteiger partial charge in [-0.1, -0.05) is 18.2 Å². The summed E-state index contributed by atoms with van der Waals surface area (Å²) in [7, 11) is 0. The highest BCUT2D eigenvalue weighted by Crippen LogP contribution is 2.19.